The summed E-state index contributed by atoms with van der Waals surface area (Å²) >= 11 is 0.859. The van der Waals surface area contributed by atoms with Crippen LogP contribution in [0.15, 0.2) is 57.9 Å². The summed E-state index contributed by atoms with van der Waals surface area (Å²) in [6, 6.07) is 13.8. The number of nitrogens with zero attached hydrogens (tertiary/aromatic N) is 2. The fourth-order valence-electron chi connectivity index (χ4n) is 2.49. The van der Waals surface area contributed by atoms with Crippen molar-refractivity contribution in [3.05, 3.63) is 74.0 Å². The maximum Gasteiger partial charge on any atom is 0.332 e. The van der Waals surface area contributed by atoms with E-state index >= 15 is 0 Å². The molecule has 2 aromatic heterocycles. The van der Waals surface area contributed by atoms with Crippen LogP contribution < -0.4 is 20.1 Å². The fraction of sp³-hybridized carbons (Fsp3) is 0.100. The van der Waals surface area contributed by atoms with Crippen LogP contribution in [0.5, 0.6) is 0 Å². The van der Waals surface area contributed by atoms with Gasteiger partial charge in [0, 0.05) is 6.08 Å². The van der Waals surface area contributed by atoms with Gasteiger partial charge < -0.3 is 14.5 Å². The Hall–Kier alpha value is -3.90. The first-order valence-corrected chi connectivity index (χ1v) is 9.18. The van der Waals surface area contributed by atoms with Crippen molar-refractivity contribution in [2.24, 2.45) is 0 Å². The van der Waals surface area contributed by atoms with E-state index in [4.69, 9.17) is 4.42 Å². The fourth-order valence-corrected chi connectivity index (χ4v) is 3.55. The van der Waals surface area contributed by atoms with Gasteiger partial charge in [0.05, 0.1) is 25.6 Å². The van der Waals surface area contributed by atoms with Crippen LogP contribution in [0, 0.1) is 11.3 Å². The summed E-state index contributed by atoms with van der Waals surface area (Å²) in [6.45, 7) is 0.0824. The zero-order chi connectivity index (χ0) is 20.8. The number of benzene rings is 1. The van der Waals surface area contributed by atoms with E-state index in [0.29, 0.717) is 11.4 Å². The number of furan rings is 1. The van der Waals surface area contributed by atoms with Crippen LogP contribution in [-0.4, -0.2) is 23.6 Å². The van der Waals surface area contributed by atoms with Gasteiger partial charge in [-0.15, -0.1) is 11.3 Å². The van der Waals surface area contributed by atoms with Gasteiger partial charge in [-0.3, -0.25) is 14.2 Å². The van der Waals surface area contributed by atoms with Crippen LogP contribution in [0.4, 0.5) is 0 Å². The van der Waals surface area contributed by atoms with Crippen LogP contribution >= 0.6 is 11.3 Å². The number of rotatable bonds is 5. The molecule has 0 fully saturated rings. The number of carbonyl (C=O) groups excluding carboxylic acids is 2. The lowest BCUT2D eigenvalue weighted by Gasteiger charge is -2.04. The maximum absolute atomic E-state index is 12.9. The second-order valence-corrected chi connectivity index (χ2v) is 6.69. The second kappa shape index (κ2) is 8.86. The molecular weight excluding hydrogens is 394 g/mol. The number of nitrogens with one attached hydrogen (secondary N) is 1. The molecule has 0 aliphatic carbocycles. The molecule has 0 aliphatic heterocycles. The smallest absolute Gasteiger partial charge is 0.332 e. The molecule has 0 bridgehead atoms. The first-order chi connectivity index (χ1) is 14.0. The number of amides is 1. The predicted octanol–water partition coefficient (Wildman–Crippen LogP) is 0.436. The molecule has 29 heavy (non-hydrogen) atoms. The van der Waals surface area contributed by atoms with E-state index in [1.807, 2.05) is 6.07 Å². The van der Waals surface area contributed by atoms with Gasteiger partial charge in [0.25, 0.3) is 11.5 Å². The minimum atomic E-state index is -0.712. The maximum atomic E-state index is 12.9. The third-order valence-electron chi connectivity index (χ3n) is 3.84. The van der Waals surface area contributed by atoms with Gasteiger partial charge in [0.15, 0.2) is 5.57 Å². The molecule has 0 unspecified atom stereocenters. The Labute approximate surface area is 168 Å². The molecule has 0 spiro atoms. The number of nitriles is 1. The van der Waals surface area contributed by atoms with E-state index in [2.05, 4.69) is 10.1 Å². The highest BCUT2D eigenvalue weighted by Gasteiger charge is 2.17. The zero-order valence-electron chi connectivity index (χ0n) is 15.2. The number of aromatic nitrogens is 1. The van der Waals surface area contributed by atoms with Crippen LogP contribution in [-0.2, 0) is 20.9 Å². The number of esters is 1. The van der Waals surface area contributed by atoms with Crippen LogP contribution in [0.3, 0.4) is 0 Å². The molecule has 0 atom stereocenters. The molecule has 9 heteroatoms. The summed E-state index contributed by atoms with van der Waals surface area (Å²) < 4.78 is 11.1. The van der Waals surface area contributed by atoms with Crippen molar-refractivity contribution in [1.82, 2.24) is 9.88 Å². The molecule has 0 radical (unpaired) electrons. The van der Waals surface area contributed by atoms with Crippen molar-refractivity contribution in [3.63, 3.8) is 0 Å². The molecule has 0 saturated carbocycles. The monoisotopic (exact) mass is 409 g/mol. The highest BCUT2D eigenvalue weighted by molar-refractivity contribution is 7.07. The molecular formula is C20H15N3O5S. The largest absolute Gasteiger partial charge is 0.467 e. The van der Waals surface area contributed by atoms with Gasteiger partial charge in [-0.1, -0.05) is 18.2 Å². The van der Waals surface area contributed by atoms with Crippen molar-refractivity contribution in [1.29, 1.82) is 5.26 Å². The Kier molecular flexibility index (Phi) is 6.06. The van der Waals surface area contributed by atoms with E-state index in [1.54, 1.807) is 42.5 Å². The van der Waals surface area contributed by atoms with E-state index < -0.39 is 17.4 Å². The average Bonchev–Trinajstić information content (AvgIpc) is 3.36. The minimum Gasteiger partial charge on any atom is -0.467 e. The van der Waals surface area contributed by atoms with Crippen molar-refractivity contribution >= 4 is 34.9 Å². The summed E-state index contributed by atoms with van der Waals surface area (Å²) in [5.74, 6) is -0.864. The first-order valence-electron chi connectivity index (χ1n) is 8.37. The summed E-state index contributed by atoms with van der Waals surface area (Å²) in [7, 11) is 1.19. The van der Waals surface area contributed by atoms with Crippen LogP contribution in [0.2, 0.25) is 0 Å². The van der Waals surface area contributed by atoms with Crippen molar-refractivity contribution in [2.75, 3.05) is 7.11 Å². The lowest BCUT2D eigenvalue weighted by atomic mass is 10.2. The van der Waals surface area contributed by atoms with Gasteiger partial charge in [-0.25, -0.2) is 4.79 Å². The molecule has 0 aliphatic rings. The van der Waals surface area contributed by atoms with Crippen LogP contribution in [0.1, 0.15) is 5.76 Å². The third kappa shape index (κ3) is 4.34. The van der Waals surface area contributed by atoms with Gasteiger partial charge in [0.2, 0.25) is 0 Å². The molecule has 2 heterocycles. The Morgan fingerprint density at radius 3 is 2.66 bits per heavy atom. The number of hydrogen-bond acceptors (Lipinski definition) is 7. The summed E-state index contributed by atoms with van der Waals surface area (Å²) in [5, 5.41) is 12.2. The van der Waals surface area contributed by atoms with Gasteiger partial charge in [-0.2, -0.15) is 5.26 Å². The standard InChI is InChI=1S/C20H15N3O5S/c1-27-17(24)10-16-19(26)23(13-6-3-2-4-7-13)20(29-16)15(11-21)18(25)22-12-14-8-5-9-28-14/h2-10H,12H2,1H3,(H,22,25)/b16-10-,20-15+. The topological polar surface area (TPSA) is 114 Å². The molecule has 3 rings (SSSR count). The third-order valence-corrected chi connectivity index (χ3v) is 4.94. The second-order valence-electron chi connectivity index (χ2n) is 5.66. The van der Waals surface area contributed by atoms with Crippen molar-refractivity contribution in [3.8, 4) is 11.8 Å². The molecule has 146 valence electrons. The lowest BCUT2D eigenvalue weighted by molar-refractivity contribution is -0.133. The number of hydrogen-bond donors (Lipinski definition) is 1. The minimum absolute atomic E-state index is 0.0438. The normalized spacial score (nSPS) is 12.2. The predicted molar refractivity (Wildman–Crippen MR) is 105 cm³/mol. The van der Waals surface area contributed by atoms with Gasteiger partial charge in [0.1, 0.15) is 21.0 Å². The molecule has 8 nitrogen and oxygen atoms in total. The van der Waals surface area contributed by atoms with E-state index in [1.165, 1.54) is 17.9 Å². The Morgan fingerprint density at radius 1 is 1.28 bits per heavy atom. The molecule has 1 aromatic carbocycles. The Morgan fingerprint density at radius 2 is 2.03 bits per heavy atom. The van der Waals surface area contributed by atoms with E-state index in [-0.39, 0.29) is 21.3 Å². The number of thiazole rings is 1. The zero-order valence-corrected chi connectivity index (χ0v) is 16.1. The summed E-state index contributed by atoms with van der Waals surface area (Å²) in [6.07, 6.45) is 2.50. The molecule has 0 saturated heterocycles. The molecule has 3 aromatic rings. The van der Waals surface area contributed by atoms with Crippen molar-refractivity contribution < 1.29 is 18.7 Å². The number of para-hydroxylation sites is 1. The number of methoxy groups -OCH3 is 1. The number of carbonyl (C=O) groups is 2. The average molecular weight is 409 g/mol. The molecule has 1 N–H and O–H groups in total. The highest BCUT2D eigenvalue weighted by atomic mass is 32.1. The van der Waals surface area contributed by atoms with E-state index in [0.717, 1.165) is 17.4 Å². The van der Waals surface area contributed by atoms with Crippen molar-refractivity contribution in [2.45, 2.75) is 6.54 Å². The lowest BCUT2D eigenvalue weighted by Crippen LogP contribution is -2.34. The highest BCUT2D eigenvalue weighted by Crippen LogP contribution is 2.04. The Bertz CT molecular complexity index is 1250. The number of ether oxygens (including phenoxy) is 1. The Balaban J connectivity index is 2.19. The summed E-state index contributed by atoms with van der Waals surface area (Å²) in [5.41, 5.74) is -0.333. The molecule has 1 amide bonds. The first kappa shape index (κ1) is 19.9. The van der Waals surface area contributed by atoms with E-state index in [9.17, 15) is 19.6 Å². The SMILES string of the molecule is COC(=O)/C=c1\s/c(=C(\C#N)C(=O)NCc2ccco2)n(-c2ccccc2)c1=O. The van der Waals surface area contributed by atoms with Gasteiger partial charge >= 0.3 is 5.97 Å². The van der Waals surface area contributed by atoms with Gasteiger partial charge in [-0.05, 0) is 24.3 Å². The van der Waals surface area contributed by atoms with Crippen LogP contribution in [0.25, 0.3) is 17.3 Å². The quantitative estimate of drug-likeness (QED) is 0.612. The summed E-state index contributed by atoms with van der Waals surface area (Å²) in [4.78, 5) is 37.1.